The lowest BCUT2D eigenvalue weighted by Crippen LogP contribution is -2.40. The van der Waals surface area contributed by atoms with Crippen LogP contribution >= 0.6 is 11.6 Å². The molecule has 1 aromatic rings. The van der Waals surface area contributed by atoms with Crippen LogP contribution in [0.15, 0.2) is 18.2 Å². The smallest absolute Gasteiger partial charge is 0.0642 e. The lowest BCUT2D eigenvalue weighted by molar-refractivity contribution is 0.378. The minimum atomic E-state index is 0.352. The average molecular weight is 295 g/mol. The van der Waals surface area contributed by atoms with Gasteiger partial charge in [-0.2, -0.15) is 0 Å². The van der Waals surface area contributed by atoms with E-state index in [9.17, 15) is 0 Å². The van der Waals surface area contributed by atoms with Gasteiger partial charge in [0, 0.05) is 18.6 Å². The van der Waals surface area contributed by atoms with Gasteiger partial charge in [-0.05, 0) is 56.8 Å². The predicted octanol–water partition coefficient (Wildman–Crippen LogP) is 4.64. The largest absolute Gasteiger partial charge is 0.368 e. The van der Waals surface area contributed by atoms with Crippen molar-refractivity contribution in [2.24, 2.45) is 5.92 Å². The van der Waals surface area contributed by atoms with Crippen molar-refractivity contribution in [3.8, 4) is 0 Å². The molecule has 112 valence electrons. The first-order chi connectivity index (χ1) is 9.52. The fraction of sp³-hybridized carbons (Fsp3) is 0.647. The zero-order valence-corrected chi connectivity index (χ0v) is 13.9. The summed E-state index contributed by atoms with van der Waals surface area (Å²) in [5.74, 6) is 0.827. The minimum absolute atomic E-state index is 0.352. The molecule has 0 saturated carbocycles. The normalized spacial score (nSPS) is 24.8. The number of rotatable bonds is 4. The van der Waals surface area contributed by atoms with Crippen LogP contribution in [0, 0.1) is 5.92 Å². The zero-order valence-electron chi connectivity index (χ0n) is 13.1. The molecule has 1 aromatic carbocycles. The summed E-state index contributed by atoms with van der Waals surface area (Å²) in [5, 5.41) is 4.31. The molecule has 1 saturated heterocycles. The quantitative estimate of drug-likeness (QED) is 0.870. The molecule has 3 unspecified atom stereocenters. The molecular weight excluding hydrogens is 268 g/mol. The molecule has 1 aliphatic rings. The molecule has 0 spiro atoms. The minimum Gasteiger partial charge on any atom is -0.368 e. The van der Waals surface area contributed by atoms with Gasteiger partial charge in [-0.1, -0.05) is 31.5 Å². The molecule has 1 heterocycles. The van der Waals surface area contributed by atoms with E-state index in [1.165, 1.54) is 24.1 Å². The highest BCUT2D eigenvalue weighted by molar-refractivity contribution is 6.33. The van der Waals surface area contributed by atoms with Gasteiger partial charge >= 0.3 is 0 Å². The van der Waals surface area contributed by atoms with Gasteiger partial charge in [0.1, 0.15) is 0 Å². The molecule has 0 radical (unpaired) electrons. The van der Waals surface area contributed by atoms with Gasteiger partial charge in [-0.15, -0.1) is 0 Å². The Labute approximate surface area is 128 Å². The molecule has 0 bridgehead atoms. The molecule has 2 nitrogen and oxygen atoms in total. The van der Waals surface area contributed by atoms with E-state index in [0.29, 0.717) is 12.1 Å². The molecular formula is C17H27ClN2. The first-order valence-electron chi connectivity index (χ1n) is 7.82. The molecule has 3 heteroatoms. The highest BCUT2D eigenvalue weighted by Gasteiger charge is 2.24. The number of nitrogens with zero attached hydrogens (tertiary/aromatic N) is 1. The number of halogens is 1. The third kappa shape index (κ3) is 3.48. The third-order valence-corrected chi connectivity index (χ3v) is 4.73. The summed E-state index contributed by atoms with van der Waals surface area (Å²) in [6.07, 6.45) is 2.52. The summed E-state index contributed by atoms with van der Waals surface area (Å²) in [6, 6.07) is 7.45. The van der Waals surface area contributed by atoms with E-state index in [4.69, 9.17) is 11.6 Å². The summed E-state index contributed by atoms with van der Waals surface area (Å²) in [7, 11) is 0. The van der Waals surface area contributed by atoms with Gasteiger partial charge in [0.25, 0.3) is 0 Å². The number of piperidine rings is 1. The molecule has 2 rings (SSSR count). The molecule has 0 aromatic heterocycles. The maximum absolute atomic E-state index is 6.54. The molecule has 0 aliphatic carbocycles. The van der Waals surface area contributed by atoms with E-state index in [1.807, 2.05) is 0 Å². The Kier molecular flexibility index (Phi) is 5.34. The second kappa shape index (κ2) is 6.82. The van der Waals surface area contributed by atoms with Crippen molar-refractivity contribution in [1.29, 1.82) is 0 Å². The van der Waals surface area contributed by atoms with Crippen molar-refractivity contribution in [2.75, 3.05) is 18.0 Å². The fourth-order valence-corrected chi connectivity index (χ4v) is 3.51. The summed E-state index contributed by atoms with van der Waals surface area (Å²) in [5.41, 5.74) is 2.46. The van der Waals surface area contributed by atoms with Crippen molar-refractivity contribution in [2.45, 2.75) is 52.6 Å². The van der Waals surface area contributed by atoms with E-state index in [-0.39, 0.29) is 0 Å². The Morgan fingerprint density at radius 2 is 2.15 bits per heavy atom. The van der Waals surface area contributed by atoms with E-state index < -0.39 is 0 Å². The van der Waals surface area contributed by atoms with Crippen molar-refractivity contribution in [1.82, 2.24) is 5.32 Å². The SMILES string of the molecule is CCNC(C)c1ccc(N2CCC(C)CC2C)c(Cl)c1. The second-order valence-corrected chi connectivity index (χ2v) is 6.57. The van der Waals surface area contributed by atoms with Gasteiger partial charge in [0.15, 0.2) is 0 Å². The van der Waals surface area contributed by atoms with Crippen LogP contribution in [-0.2, 0) is 0 Å². The van der Waals surface area contributed by atoms with E-state index in [2.05, 4.69) is 56.1 Å². The van der Waals surface area contributed by atoms with Gasteiger partial charge in [0.05, 0.1) is 10.7 Å². The Hall–Kier alpha value is -0.730. The molecule has 20 heavy (non-hydrogen) atoms. The van der Waals surface area contributed by atoms with Crippen molar-refractivity contribution in [3.05, 3.63) is 28.8 Å². The number of benzene rings is 1. The molecule has 1 fully saturated rings. The second-order valence-electron chi connectivity index (χ2n) is 6.16. The summed E-state index contributed by atoms with van der Waals surface area (Å²) in [6.45, 7) is 11.0. The van der Waals surface area contributed by atoms with Crippen LogP contribution < -0.4 is 10.2 Å². The van der Waals surface area contributed by atoms with Gasteiger partial charge in [-0.3, -0.25) is 0 Å². The average Bonchev–Trinajstić information content (AvgIpc) is 2.40. The van der Waals surface area contributed by atoms with Crippen LogP contribution in [0.5, 0.6) is 0 Å². The topological polar surface area (TPSA) is 15.3 Å². The summed E-state index contributed by atoms with van der Waals surface area (Å²) < 4.78 is 0. The molecule has 1 N–H and O–H groups in total. The van der Waals surface area contributed by atoms with Gasteiger partial charge < -0.3 is 10.2 Å². The highest BCUT2D eigenvalue weighted by Crippen LogP contribution is 2.34. The lowest BCUT2D eigenvalue weighted by Gasteiger charge is -2.39. The Morgan fingerprint density at radius 1 is 1.40 bits per heavy atom. The first kappa shape index (κ1) is 15.7. The maximum Gasteiger partial charge on any atom is 0.0642 e. The van der Waals surface area contributed by atoms with Crippen LogP contribution in [0.1, 0.15) is 52.1 Å². The molecule has 0 amide bonds. The standard InChI is InChI=1S/C17H27ClN2/c1-5-19-14(4)15-6-7-17(16(18)11-15)20-9-8-12(2)10-13(20)3/h6-7,11-14,19H,5,8-10H2,1-4H3. The highest BCUT2D eigenvalue weighted by atomic mass is 35.5. The maximum atomic E-state index is 6.54. The Morgan fingerprint density at radius 3 is 2.75 bits per heavy atom. The van der Waals surface area contributed by atoms with E-state index >= 15 is 0 Å². The van der Waals surface area contributed by atoms with Crippen LogP contribution in [0.25, 0.3) is 0 Å². The summed E-state index contributed by atoms with van der Waals surface area (Å²) in [4.78, 5) is 2.46. The first-order valence-corrected chi connectivity index (χ1v) is 8.20. The Balaban J connectivity index is 2.17. The van der Waals surface area contributed by atoms with Gasteiger partial charge in [0.2, 0.25) is 0 Å². The molecule has 3 atom stereocenters. The van der Waals surface area contributed by atoms with E-state index in [1.54, 1.807) is 0 Å². The monoisotopic (exact) mass is 294 g/mol. The van der Waals surface area contributed by atoms with Crippen molar-refractivity contribution < 1.29 is 0 Å². The van der Waals surface area contributed by atoms with Crippen LogP contribution in [0.2, 0.25) is 5.02 Å². The number of hydrogen-bond donors (Lipinski definition) is 1. The lowest BCUT2D eigenvalue weighted by atomic mass is 9.93. The predicted molar refractivity (Wildman–Crippen MR) is 88.7 cm³/mol. The fourth-order valence-electron chi connectivity index (χ4n) is 3.21. The third-order valence-electron chi connectivity index (χ3n) is 4.43. The van der Waals surface area contributed by atoms with Crippen LogP contribution in [-0.4, -0.2) is 19.1 Å². The molecule has 1 aliphatic heterocycles. The number of hydrogen-bond acceptors (Lipinski definition) is 2. The zero-order chi connectivity index (χ0) is 14.7. The number of nitrogens with one attached hydrogen (secondary N) is 1. The van der Waals surface area contributed by atoms with Crippen LogP contribution in [0.4, 0.5) is 5.69 Å². The van der Waals surface area contributed by atoms with E-state index in [0.717, 1.165) is 24.0 Å². The van der Waals surface area contributed by atoms with Crippen molar-refractivity contribution in [3.63, 3.8) is 0 Å². The summed E-state index contributed by atoms with van der Waals surface area (Å²) >= 11 is 6.54. The van der Waals surface area contributed by atoms with Gasteiger partial charge in [-0.25, -0.2) is 0 Å². The Bertz CT molecular complexity index is 447. The van der Waals surface area contributed by atoms with Crippen molar-refractivity contribution >= 4 is 17.3 Å². The number of anilines is 1. The van der Waals surface area contributed by atoms with Crippen LogP contribution in [0.3, 0.4) is 0 Å².